The van der Waals surface area contributed by atoms with Crippen molar-refractivity contribution in [3.05, 3.63) is 0 Å². The Kier molecular flexibility index (Phi) is 5.50. The summed E-state index contributed by atoms with van der Waals surface area (Å²) in [5, 5.41) is 1.51. The van der Waals surface area contributed by atoms with E-state index in [1.54, 1.807) is 13.8 Å². The number of thiocarbonyl (C=S) groups is 1. The zero-order valence-corrected chi connectivity index (χ0v) is 12.0. The molecule has 17 heavy (non-hydrogen) atoms. The van der Waals surface area contributed by atoms with Gasteiger partial charge in [0.05, 0.1) is 10.4 Å². The average molecular weight is 281 g/mol. The summed E-state index contributed by atoms with van der Waals surface area (Å²) in [6.07, 6.45) is 0. The first-order valence-corrected chi connectivity index (χ1v) is 7.00. The predicted octanol–water partition coefficient (Wildman–Crippen LogP) is -0.647. The molecule has 0 rings (SSSR count). The molecule has 0 aliphatic carbocycles. The van der Waals surface area contributed by atoms with E-state index in [2.05, 4.69) is 22.3 Å². The number of sulfonamides is 1. The van der Waals surface area contributed by atoms with Gasteiger partial charge in [0.2, 0.25) is 15.9 Å². The Balaban J connectivity index is 4.68. The molecule has 4 N–H and O–H groups in total. The fourth-order valence-electron chi connectivity index (χ4n) is 0.978. The summed E-state index contributed by atoms with van der Waals surface area (Å²) >= 11 is 4.63. The van der Waals surface area contributed by atoms with Gasteiger partial charge in [0, 0.05) is 13.6 Å². The second kappa shape index (κ2) is 5.74. The van der Waals surface area contributed by atoms with E-state index in [0.29, 0.717) is 0 Å². The lowest BCUT2D eigenvalue weighted by molar-refractivity contribution is -0.128. The second-order valence-electron chi connectivity index (χ2n) is 4.37. The summed E-state index contributed by atoms with van der Waals surface area (Å²) < 4.78 is 25.8. The number of nitrogens with two attached hydrogens (primary N) is 1. The van der Waals surface area contributed by atoms with Gasteiger partial charge in [-0.1, -0.05) is 12.2 Å². The number of hydrogen-bond donors (Lipinski definition) is 3. The molecule has 1 amide bonds. The Morgan fingerprint density at radius 2 is 1.94 bits per heavy atom. The summed E-state index contributed by atoms with van der Waals surface area (Å²) in [6.45, 7) is 4.67. The molecule has 0 heterocycles. The molecule has 0 radical (unpaired) electrons. The lowest BCUT2D eigenvalue weighted by Crippen LogP contribution is -2.47. The molecule has 0 aromatic carbocycles. The topological polar surface area (TPSA) is 101 Å². The fraction of sp³-hybridized carbons (Fsp3) is 0.778. The van der Waals surface area contributed by atoms with Gasteiger partial charge in [0.1, 0.15) is 5.25 Å². The zero-order chi connectivity index (χ0) is 13.9. The van der Waals surface area contributed by atoms with Crippen LogP contribution in [0.3, 0.4) is 0 Å². The van der Waals surface area contributed by atoms with E-state index in [1.807, 2.05) is 0 Å². The average Bonchev–Trinajstić information content (AvgIpc) is 2.24. The predicted molar refractivity (Wildman–Crippen MR) is 71.0 cm³/mol. The third kappa shape index (κ3) is 4.57. The molecule has 0 saturated heterocycles. The Labute approximate surface area is 107 Å². The van der Waals surface area contributed by atoms with Crippen LogP contribution < -0.4 is 15.8 Å². The molecule has 0 fully saturated rings. The van der Waals surface area contributed by atoms with Crippen LogP contribution in [0.2, 0.25) is 0 Å². The lowest BCUT2D eigenvalue weighted by atomic mass is 9.93. The molecular weight excluding hydrogens is 262 g/mol. The van der Waals surface area contributed by atoms with Gasteiger partial charge in [0.25, 0.3) is 0 Å². The van der Waals surface area contributed by atoms with Crippen molar-refractivity contribution < 1.29 is 13.2 Å². The zero-order valence-electron chi connectivity index (χ0n) is 10.4. The van der Waals surface area contributed by atoms with Gasteiger partial charge in [-0.15, -0.1) is 0 Å². The third-order valence-electron chi connectivity index (χ3n) is 2.42. The highest BCUT2D eigenvalue weighted by Gasteiger charge is 2.30. The number of rotatable bonds is 6. The second-order valence-corrected chi connectivity index (χ2v) is 6.93. The Bertz CT molecular complexity index is 404. The van der Waals surface area contributed by atoms with E-state index in [1.165, 1.54) is 14.0 Å². The summed E-state index contributed by atoms with van der Waals surface area (Å²) in [5.74, 6) is -0.247. The van der Waals surface area contributed by atoms with Crippen LogP contribution in [0.5, 0.6) is 0 Å². The Hall–Kier alpha value is -0.730. The van der Waals surface area contributed by atoms with Crippen LogP contribution in [0.25, 0.3) is 0 Å². The van der Waals surface area contributed by atoms with Crippen LogP contribution in [0.1, 0.15) is 20.8 Å². The first-order chi connectivity index (χ1) is 7.54. The molecular formula is C9H19N3O3S2. The van der Waals surface area contributed by atoms with Gasteiger partial charge in [-0.25, -0.2) is 13.1 Å². The van der Waals surface area contributed by atoms with Crippen molar-refractivity contribution in [1.29, 1.82) is 0 Å². The molecule has 0 aromatic heterocycles. The van der Waals surface area contributed by atoms with Crippen molar-refractivity contribution in [3.8, 4) is 0 Å². The first kappa shape index (κ1) is 16.3. The molecule has 100 valence electrons. The number of nitrogens with one attached hydrogen (secondary N) is 2. The smallest absolute Gasteiger partial charge is 0.226 e. The largest absolute Gasteiger partial charge is 0.392 e. The molecule has 1 atom stereocenters. The van der Waals surface area contributed by atoms with Crippen molar-refractivity contribution in [2.24, 2.45) is 11.1 Å². The first-order valence-electron chi connectivity index (χ1n) is 5.04. The van der Waals surface area contributed by atoms with Crippen LogP contribution in [0.4, 0.5) is 0 Å². The van der Waals surface area contributed by atoms with Crippen LogP contribution in [0.15, 0.2) is 0 Å². The highest BCUT2D eigenvalue weighted by molar-refractivity contribution is 7.93. The third-order valence-corrected chi connectivity index (χ3v) is 4.66. The van der Waals surface area contributed by atoms with Gasteiger partial charge in [-0.05, 0) is 20.8 Å². The van der Waals surface area contributed by atoms with Crippen LogP contribution in [-0.4, -0.2) is 38.2 Å². The summed E-state index contributed by atoms with van der Waals surface area (Å²) in [5.41, 5.74) is 4.44. The number of hydrogen-bond acceptors (Lipinski definition) is 4. The standard InChI is InChI=1S/C9H19N3O3S2/c1-6(7(10)16)17(14,15)12-5-9(2,3)8(13)11-4/h6,12H,5H2,1-4H3,(H2,10,16)(H,11,13). The Morgan fingerprint density at radius 1 is 1.47 bits per heavy atom. The minimum atomic E-state index is -3.63. The Morgan fingerprint density at radius 3 is 2.29 bits per heavy atom. The molecule has 6 nitrogen and oxygen atoms in total. The summed E-state index contributed by atoms with van der Waals surface area (Å²) in [4.78, 5) is 11.4. The van der Waals surface area contributed by atoms with Crippen LogP contribution in [-0.2, 0) is 14.8 Å². The van der Waals surface area contributed by atoms with Gasteiger partial charge in [-0.2, -0.15) is 0 Å². The normalized spacial score (nSPS) is 14.1. The van der Waals surface area contributed by atoms with Crippen molar-refractivity contribution in [2.45, 2.75) is 26.0 Å². The minimum absolute atomic E-state index is 0.0119. The highest BCUT2D eigenvalue weighted by Crippen LogP contribution is 2.14. The number of carbonyl (C=O) groups is 1. The monoisotopic (exact) mass is 281 g/mol. The fourth-order valence-corrected chi connectivity index (χ4v) is 2.48. The summed E-state index contributed by atoms with van der Waals surface area (Å²) in [6, 6.07) is 0. The van der Waals surface area contributed by atoms with E-state index in [9.17, 15) is 13.2 Å². The SMILES string of the molecule is CNC(=O)C(C)(C)CNS(=O)(=O)C(C)C(N)=S. The molecule has 0 aliphatic rings. The molecule has 0 spiro atoms. The summed E-state index contributed by atoms with van der Waals surface area (Å²) in [7, 11) is -2.13. The maximum Gasteiger partial charge on any atom is 0.226 e. The lowest BCUT2D eigenvalue weighted by Gasteiger charge is -2.23. The van der Waals surface area contributed by atoms with Crippen molar-refractivity contribution in [3.63, 3.8) is 0 Å². The van der Waals surface area contributed by atoms with E-state index in [4.69, 9.17) is 5.73 Å². The van der Waals surface area contributed by atoms with Gasteiger partial charge in [0.15, 0.2) is 0 Å². The van der Waals surface area contributed by atoms with E-state index in [-0.39, 0.29) is 17.4 Å². The number of carbonyl (C=O) groups excluding carboxylic acids is 1. The maximum atomic E-state index is 11.7. The molecule has 8 heteroatoms. The quantitative estimate of drug-likeness (QED) is 0.562. The van der Waals surface area contributed by atoms with Crippen molar-refractivity contribution in [2.75, 3.05) is 13.6 Å². The van der Waals surface area contributed by atoms with Crippen LogP contribution in [0, 0.1) is 5.41 Å². The van der Waals surface area contributed by atoms with Gasteiger partial charge < -0.3 is 11.1 Å². The molecule has 0 saturated carbocycles. The number of amides is 1. The van der Waals surface area contributed by atoms with Gasteiger partial charge >= 0.3 is 0 Å². The molecule has 1 unspecified atom stereocenters. The highest BCUT2D eigenvalue weighted by atomic mass is 32.2. The molecule has 0 bridgehead atoms. The maximum absolute atomic E-state index is 11.7. The minimum Gasteiger partial charge on any atom is -0.392 e. The molecule has 0 aromatic rings. The van der Waals surface area contributed by atoms with E-state index < -0.39 is 20.7 Å². The van der Waals surface area contributed by atoms with Gasteiger partial charge in [-0.3, -0.25) is 4.79 Å². The molecule has 0 aliphatic heterocycles. The van der Waals surface area contributed by atoms with Crippen LogP contribution >= 0.6 is 12.2 Å². The van der Waals surface area contributed by atoms with E-state index in [0.717, 1.165) is 0 Å². The van der Waals surface area contributed by atoms with Crippen molar-refractivity contribution in [1.82, 2.24) is 10.0 Å². The van der Waals surface area contributed by atoms with Crippen molar-refractivity contribution >= 4 is 33.1 Å². The van der Waals surface area contributed by atoms with E-state index >= 15 is 0 Å².